The third-order valence-corrected chi connectivity index (χ3v) is 9.05. The summed E-state index contributed by atoms with van der Waals surface area (Å²) in [6, 6.07) is 8.94. The normalized spacial score (nSPS) is 26.6. The van der Waals surface area contributed by atoms with Crippen molar-refractivity contribution in [3.63, 3.8) is 0 Å². The number of aromatic hydroxyl groups is 1. The van der Waals surface area contributed by atoms with Crippen LogP contribution in [0.15, 0.2) is 70.2 Å². The Morgan fingerprint density at radius 2 is 1.89 bits per heavy atom. The Labute approximate surface area is 224 Å². The summed E-state index contributed by atoms with van der Waals surface area (Å²) < 4.78 is 5.62. The van der Waals surface area contributed by atoms with Crippen LogP contribution in [-0.2, 0) is 25.7 Å². The van der Waals surface area contributed by atoms with Crippen molar-refractivity contribution >= 4 is 34.7 Å². The lowest BCUT2D eigenvalue weighted by atomic mass is 9.59. The molecule has 0 spiro atoms. The van der Waals surface area contributed by atoms with Gasteiger partial charge >= 0.3 is 0 Å². The first kappa shape index (κ1) is 24.6. The lowest BCUT2D eigenvalue weighted by Crippen LogP contribution is -2.39. The zero-order valence-electron chi connectivity index (χ0n) is 21.1. The molecular weight excluding hydrogens is 502 g/mol. The number of thiophene rings is 1. The number of phenols is 1. The summed E-state index contributed by atoms with van der Waals surface area (Å²) in [7, 11) is 0. The highest BCUT2D eigenvalue weighted by molar-refractivity contribution is 7.09. The Morgan fingerprint density at radius 3 is 2.63 bits per heavy atom. The number of allylic oxidation sites excluding steroid dienone is 6. The summed E-state index contributed by atoms with van der Waals surface area (Å²) in [6.45, 7) is 4.02. The predicted molar refractivity (Wildman–Crippen MR) is 140 cm³/mol. The second-order valence-corrected chi connectivity index (χ2v) is 11.2. The molecule has 1 N–H and O–H groups in total. The number of nitrogens with zero attached hydrogens (tertiary/aromatic N) is 1. The van der Waals surface area contributed by atoms with Crippen LogP contribution in [0.2, 0.25) is 0 Å². The van der Waals surface area contributed by atoms with E-state index in [0.717, 1.165) is 10.5 Å². The van der Waals surface area contributed by atoms with E-state index in [1.807, 2.05) is 30.5 Å². The van der Waals surface area contributed by atoms with Crippen molar-refractivity contribution in [3.8, 4) is 11.5 Å². The molecular formula is C30H27NO6S. The van der Waals surface area contributed by atoms with Crippen LogP contribution in [0.3, 0.4) is 0 Å². The quantitative estimate of drug-likeness (QED) is 0.348. The molecule has 2 amide bonds. The van der Waals surface area contributed by atoms with Gasteiger partial charge < -0.3 is 9.84 Å². The standard InChI is InChI=1S/C30H27NO6S/c1-3-37-23-8-4-7-18(28(23)34)24-17-9-10-19-25(30(36)31(29(19)35)14-16-6-5-11-38-16)20(17)13-21-22(32)12-15(2)27(33)26(21)24/h4-9,11-12,19-20,24-25,34H,3,10,13-14H2,1-2H3. The third kappa shape index (κ3) is 3.61. The van der Waals surface area contributed by atoms with Crippen molar-refractivity contribution in [1.29, 1.82) is 0 Å². The number of carbonyl (C=O) groups excluding carboxylic acids is 4. The van der Waals surface area contributed by atoms with Gasteiger partial charge in [0.2, 0.25) is 11.8 Å². The van der Waals surface area contributed by atoms with E-state index in [9.17, 15) is 24.3 Å². The molecule has 1 aromatic heterocycles. The lowest BCUT2D eigenvalue weighted by molar-refractivity contribution is -0.140. The van der Waals surface area contributed by atoms with Crippen LogP contribution in [-0.4, -0.2) is 40.0 Å². The van der Waals surface area contributed by atoms with Crippen LogP contribution in [0.1, 0.15) is 43.0 Å². The Kier molecular flexibility index (Phi) is 5.94. The maximum atomic E-state index is 13.8. The SMILES string of the molecule is CCOc1cccc(C2C3=CCC4C(=O)N(Cc5cccs5)C(=O)C4C3CC3=C2C(=O)C(C)=CC3=O)c1O. The number of imide groups is 1. The number of likely N-dealkylation sites (tertiary alicyclic amines) is 1. The Morgan fingerprint density at radius 1 is 1.08 bits per heavy atom. The number of Topliss-reactive ketones (excluding diaryl/α,β-unsaturated/α-hetero) is 1. The molecule has 1 fully saturated rings. The number of fused-ring (bicyclic) bond motifs is 3. The van der Waals surface area contributed by atoms with Gasteiger partial charge in [-0.2, -0.15) is 0 Å². The molecule has 7 nitrogen and oxygen atoms in total. The van der Waals surface area contributed by atoms with Crippen molar-refractivity contribution in [2.45, 2.75) is 39.2 Å². The second kappa shape index (κ2) is 9.20. The smallest absolute Gasteiger partial charge is 0.234 e. The van der Waals surface area contributed by atoms with E-state index < -0.39 is 23.7 Å². The molecule has 2 heterocycles. The highest BCUT2D eigenvalue weighted by Gasteiger charge is 2.56. The topological polar surface area (TPSA) is 101 Å². The van der Waals surface area contributed by atoms with Gasteiger partial charge in [-0.25, -0.2) is 0 Å². The van der Waals surface area contributed by atoms with E-state index in [0.29, 0.717) is 41.1 Å². The Hall–Kier alpha value is -3.78. The van der Waals surface area contributed by atoms with Crippen LogP contribution in [0.4, 0.5) is 0 Å². The minimum absolute atomic E-state index is 0.0875. The van der Waals surface area contributed by atoms with Crippen LogP contribution in [0, 0.1) is 17.8 Å². The number of phenolic OH excluding ortho intramolecular Hbond substituents is 1. The first-order chi connectivity index (χ1) is 18.3. The maximum Gasteiger partial charge on any atom is 0.234 e. The monoisotopic (exact) mass is 529 g/mol. The molecule has 1 aliphatic heterocycles. The van der Waals surface area contributed by atoms with E-state index in [-0.39, 0.29) is 42.1 Å². The van der Waals surface area contributed by atoms with Gasteiger partial charge in [-0.15, -0.1) is 11.3 Å². The number of hydrogen-bond donors (Lipinski definition) is 1. The number of amides is 2. The number of carbonyl (C=O) groups is 4. The third-order valence-electron chi connectivity index (χ3n) is 8.19. The predicted octanol–water partition coefficient (Wildman–Crippen LogP) is 4.48. The Balaban J connectivity index is 1.48. The number of hydrogen-bond acceptors (Lipinski definition) is 7. The van der Waals surface area contributed by atoms with Gasteiger partial charge in [0.15, 0.2) is 23.1 Å². The molecule has 6 rings (SSSR count). The van der Waals surface area contributed by atoms with Crippen molar-refractivity contribution < 1.29 is 29.0 Å². The van der Waals surface area contributed by atoms with Crippen LogP contribution < -0.4 is 4.74 Å². The van der Waals surface area contributed by atoms with Crippen molar-refractivity contribution in [2.75, 3.05) is 6.61 Å². The minimum atomic E-state index is -0.709. The lowest BCUT2D eigenvalue weighted by Gasteiger charge is -2.42. The fourth-order valence-corrected chi connectivity index (χ4v) is 7.23. The summed E-state index contributed by atoms with van der Waals surface area (Å²) in [5, 5.41) is 13.1. The fourth-order valence-electron chi connectivity index (χ4n) is 6.54. The van der Waals surface area contributed by atoms with E-state index in [4.69, 9.17) is 4.74 Å². The molecule has 8 heteroatoms. The highest BCUT2D eigenvalue weighted by atomic mass is 32.1. The molecule has 3 aliphatic carbocycles. The molecule has 2 aromatic rings. The fraction of sp³-hybridized carbons (Fsp3) is 0.333. The van der Waals surface area contributed by atoms with Crippen molar-refractivity contribution in [2.24, 2.45) is 17.8 Å². The van der Waals surface area contributed by atoms with Crippen LogP contribution in [0.5, 0.6) is 11.5 Å². The van der Waals surface area contributed by atoms with Gasteiger partial charge in [-0.05, 0) is 56.2 Å². The van der Waals surface area contributed by atoms with Crippen LogP contribution >= 0.6 is 11.3 Å². The number of ketones is 2. The Bertz CT molecular complexity index is 1480. The molecule has 4 atom stereocenters. The van der Waals surface area contributed by atoms with Gasteiger partial charge in [0, 0.05) is 33.1 Å². The van der Waals surface area contributed by atoms with Crippen molar-refractivity contribution in [3.05, 3.63) is 80.6 Å². The molecule has 194 valence electrons. The maximum absolute atomic E-state index is 13.8. The minimum Gasteiger partial charge on any atom is -0.504 e. The molecule has 0 radical (unpaired) electrons. The van der Waals surface area contributed by atoms with Gasteiger partial charge in [-0.1, -0.05) is 29.8 Å². The number of para-hydroxylation sites is 1. The molecule has 4 aliphatic rings. The first-order valence-electron chi connectivity index (χ1n) is 12.8. The average molecular weight is 530 g/mol. The zero-order chi connectivity index (χ0) is 26.7. The second-order valence-electron chi connectivity index (χ2n) is 10.2. The van der Waals surface area contributed by atoms with Gasteiger partial charge in [0.25, 0.3) is 0 Å². The molecule has 1 aromatic carbocycles. The summed E-state index contributed by atoms with van der Waals surface area (Å²) in [5.41, 5.74) is 2.34. The van der Waals surface area contributed by atoms with Crippen LogP contribution in [0.25, 0.3) is 0 Å². The number of benzene rings is 1. The van der Waals surface area contributed by atoms with E-state index in [1.54, 1.807) is 25.1 Å². The number of ether oxygens (including phenoxy) is 1. The van der Waals surface area contributed by atoms with E-state index >= 15 is 0 Å². The molecule has 1 saturated heterocycles. The first-order valence-corrected chi connectivity index (χ1v) is 13.7. The average Bonchev–Trinajstić information content (AvgIpc) is 3.50. The summed E-state index contributed by atoms with van der Waals surface area (Å²) in [5.74, 6) is -2.98. The van der Waals surface area contributed by atoms with E-state index in [2.05, 4.69) is 0 Å². The number of rotatable bonds is 5. The molecule has 4 unspecified atom stereocenters. The van der Waals surface area contributed by atoms with Crippen molar-refractivity contribution in [1.82, 2.24) is 4.90 Å². The van der Waals surface area contributed by atoms with Gasteiger partial charge in [0.05, 0.1) is 25.0 Å². The summed E-state index contributed by atoms with van der Waals surface area (Å²) in [4.78, 5) is 56.2. The largest absolute Gasteiger partial charge is 0.504 e. The van der Waals surface area contributed by atoms with E-state index in [1.165, 1.54) is 22.3 Å². The molecule has 38 heavy (non-hydrogen) atoms. The highest BCUT2D eigenvalue weighted by Crippen LogP contribution is 2.56. The van der Waals surface area contributed by atoms with Gasteiger partial charge in [-0.3, -0.25) is 24.1 Å². The summed E-state index contributed by atoms with van der Waals surface area (Å²) in [6.07, 6.45) is 3.89. The van der Waals surface area contributed by atoms with Gasteiger partial charge in [0.1, 0.15) is 0 Å². The molecule has 0 saturated carbocycles. The summed E-state index contributed by atoms with van der Waals surface area (Å²) >= 11 is 1.50. The zero-order valence-corrected chi connectivity index (χ0v) is 21.9. The molecule has 0 bridgehead atoms.